The van der Waals surface area contributed by atoms with E-state index in [-0.39, 0.29) is 5.48 Å². The van der Waals surface area contributed by atoms with Crippen LogP contribution in [0.1, 0.15) is 0 Å². The highest BCUT2D eigenvalue weighted by Crippen LogP contribution is 1.84. The third-order valence-corrected chi connectivity index (χ3v) is 1.90. The molecule has 0 unspecified atom stereocenters. The second-order valence-electron chi connectivity index (χ2n) is 2.46. The molecule has 1 aromatic heterocycles. The first-order valence-electron chi connectivity index (χ1n) is 3.66. The van der Waals surface area contributed by atoms with Gasteiger partial charge in [-0.15, -0.1) is 0 Å². The molecule has 0 bridgehead atoms. The first-order valence-corrected chi connectivity index (χ1v) is 5.16. The van der Waals surface area contributed by atoms with Crippen LogP contribution in [-0.4, -0.2) is 18.4 Å². The van der Waals surface area contributed by atoms with Crippen LogP contribution in [0.5, 0.6) is 0 Å². The summed E-state index contributed by atoms with van der Waals surface area (Å²) in [6.45, 7) is 0.417. The molecule has 0 atom stereocenters. The lowest BCUT2D eigenvalue weighted by atomic mass is 10.5. The zero-order valence-electron chi connectivity index (χ0n) is 7.31. The van der Waals surface area contributed by atoms with Crippen molar-refractivity contribution in [2.45, 2.75) is 6.54 Å². The average molecular weight is 217 g/mol. The summed E-state index contributed by atoms with van der Waals surface area (Å²) in [4.78, 5) is 0. The minimum atomic E-state index is -3.99. The molecule has 1 heterocycles. The highest BCUT2D eigenvalue weighted by molar-refractivity contribution is 7.88. The highest BCUT2D eigenvalue weighted by atomic mass is 32.2. The molecule has 1 rings (SSSR count). The van der Waals surface area contributed by atoms with Gasteiger partial charge in [-0.05, 0) is 6.08 Å². The fraction of sp³-hybridized carbons (Fsp3) is 0.125. The van der Waals surface area contributed by atoms with Gasteiger partial charge in [0.05, 0.1) is 5.41 Å². The lowest BCUT2D eigenvalue weighted by Crippen LogP contribution is -2.31. The second kappa shape index (κ2) is 5.48. The number of allylic oxidation sites excluding steroid dienone is 1. The summed E-state index contributed by atoms with van der Waals surface area (Å²) in [6, 6.07) is 5.53. The van der Waals surface area contributed by atoms with Gasteiger partial charge < -0.3 is 5.48 Å². The van der Waals surface area contributed by atoms with Crippen LogP contribution in [0.3, 0.4) is 0 Å². The van der Waals surface area contributed by atoms with Gasteiger partial charge in [-0.25, -0.2) is 4.57 Å². The largest absolute Gasteiger partial charge is 0.870 e. The van der Waals surface area contributed by atoms with Crippen molar-refractivity contribution in [3.05, 3.63) is 42.1 Å². The molecule has 0 aliphatic rings. The normalized spacial score (nSPS) is 11.2. The van der Waals surface area contributed by atoms with Crippen molar-refractivity contribution in [3.63, 3.8) is 0 Å². The molecule has 0 spiro atoms. The lowest BCUT2D eigenvalue weighted by molar-refractivity contribution is -0.687. The number of aromatic nitrogens is 1. The Hall–Kier alpha value is -1.24. The minimum Gasteiger partial charge on any atom is -0.870 e. The Morgan fingerprint density at radius 2 is 1.79 bits per heavy atom. The van der Waals surface area contributed by atoms with Crippen molar-refractivity contribution < 1.29 is 23.0 Å². The van der Waals surface area contributed by atoms with E-state index in [1.54, 1.807) is 17.0 Å². The molecular formula is C8H11NO4S. The zero-order valence-corrected chi connectivity index (χ0v) is 8.13. The Kier molecular flexibility index (Phi) is 5.00. The molecule has 78 valence electrons. The first-order chi connectivity index (χ1) is 6.08. The summed E-state index contributed by atoms with van der Waals surface area (Å²) in [5.74, 6) is 0. The molecule has 6 heteroatoms. The van der Waals surface area contributed by atoms with Gasteiger partial charge in [0.1, 0.15) is 0 Å². The molecule has 2 N–H and O–H groups in total. The molecule has 0 aliphatic heterocycles. The van der Waals surface area contributed by atoms with Crippen LogP contribution >= 0.6 is 0 Å². The van der Waals surface area contributed by atoms with E-state index in [1.807, 2.05) is 18.2 Å². The van der Waals surface area contributed by atoms with Gasteiger partial charge in [0.2, 0.25) is 0 Å². The molecule has 0 aliphatic carbocycles. The van der Waals surface area contributed by atoms with E-state index in [4.69, 9.17) is 4.55 Å². The molecule has 0 fully saturated rings. The SMILES string of the molecule is O=S(=O)(O)C=CC[n+]1ccccc1.[OH-]. The monoisotopic (exact) mass is 217 g/mol. The van der Waals surface area contributed by atoms with E-state index < -0.39 is 10.1 Å². The standard InChI is InChI=1S/C8H9NO3S.H2O/c10-13(11,12)8-4-7-9-5-2-1-3-6-9;/h1-6,8H,7H2;1H2. The molecule has 0 amide bonds. The molecule has 14 heavy (non-hydrogen) atoms. The van der Waals surface area contributed by atoms with Crippen molar-refractivity contribution >= 4 is 10.1 Å². The van der Waals surface area contributed by atoms with Crippen molar-refractivity contribution in [3.8, 4) is 0 Å². The Morgan fingerprint density at radius 3 is 2.29 bits per heavy atom. The maximum absolute atomic E-state index is 10.3. The summed E-state index contributed by atoms with van der Waals surface area (Å²) in [7, 11) is -3.99. The molecule has 1 aromatic rings. The Balaban J connectivity index is 0.00000169. The molecule has 0 saturated carbocycles. The predicted molar refractivity (Wildman–Crippen MR) is 49.3 cm³/mol. The fourth-order valence-electron chi connectivity index (χ4n) is 0.842. The first kappa shape index (κ1) is 12.8. The molecule has 0 saturated heterocycles. The maximum Gasteiger partial charge on any atom is 0.287 e. The zero-order chi connectivity index (χ0) is 9.73. The maximum atomic E-state index is 10.3. The quantitative estimate of drug-likeness (QED) is 0.578. The van der Waals surface area contributed by atoms with Crippen molar-refractivity contribution in [1.82, 2.24) is 0 Å². The minimum absolute atomic E-state index is 0. The lowest BCUT2D eigenvalue weighted by Gasteiger charge is -1.88. The third-order valence-electron chi connectivity index (χ3n) is 1.36. The number of hydrogen-bond acceptors (Lipinski definition) is 3. The van der Waals surface area contributed by atoms with E-state index >= 15 is 0 Å². The van der Waals surface area contributed by atoms with Crippen molar-refractivity contribution in [2.24, 2.45) is 0 Å². The van der Waals surface area contributed by atoms with Gasteiger partial charge in [0.25, 0.3) is 10.1 Å². The van der Waals surface area contributed by atoms with Crippen LogP contribution in [0.15, 0.2) is 42.1 Å². The average Bonchev–Trinajstić information content (AvgIpc) is 2.04. The van der Waals surface area contributed by atoms with Gasteiger partial charge in [-0.2, -0.15) is 8.42 Å². The van der Waals surface area contributed by atoms with Gasteiger partial charge in [-0.3, -0.25) is 4.55 Å². The summed E-state index contributed by atoms with van der Waals surface area (Å²) in [6.07, 6.45) is 4.97. The van der Waals surface area contributed by atoms with Crippen LogP contribution in [0.2, 0.25) is 0 Å². The van der Waals surface area contributed by atoms with E-state index in [9.17, 15) is 8.42 Å². The van der Waals surface area contributed by atoms with E-state index in [0.717, 1.165) is 5.41 Å². The second-order valence-corrected chi connectivity index (χ2v) is 3.76. The van der Waals surface area contributed by atoms with Crippen molar-refractivity contribution in [1.29, 1.82) is 0 Å². The van der Waals surface area contributed by atoms with E-state index in [2.05, 4.69) is 0 Å². The predicted octanol–water partition coefficient (Wildman–Crippen LogP) is 0.199. The Bertz CT molecular complexity index is 385. The number of pyridine rings is 1. The van der Waals surface area contributed by atoms with Gasteiger partial charge in [-0.1, -0.05) is 6.07 Å². The molecule has 0 aromatic carbocycles. The summed E-state index contributed by atoms with van der Waals surface area (Å²) >= 11 is 0. The Labute approximate surface area is 82.4 Å². The van der Waals surface area contributed by atoms with Gasteiger partial charge in [0, 0.05) is 12.1 Å². The highest BCUT2D eigenvalue weighted by Gasteiger charge is 1.97. The van der Waals surface area contributed by atoms with Crippen LogP contribution in [0, 0.1) is 0 Å². The summed E-state index contributed by atoms with van der Waals surface area (Å²) in [5, 5.41) is 0.771. The van der Waals surface area contributed by atoms with Gasteiger partial charge >= 0.3 is 0 Å². The van der Waals surface area contributed by atoms with E-state index in [0.29, 0.717) is 6.54 Å². The summed E-state index contributed by atoms with van der Waals surface area (Å²) in [5.41, 5.74) is 0. The van der Waals surface area contributed by atoms with E-state index in [1.165, 1.54) is 6.08 Å². The molecular weight excluding hydrogens is 206 g/mol. The van der Waals surface area contributed by atoms with Gasteiger partial charge in [0.15, 0.2) is 18.9 Å². The van der Waals surface area contributed by atoms with Crippen LogP contribution < -0.4 is 4.57 Å². The molecule has 0 radical (unpaired) electrons. The number of rotatable bonds is 3. The van der Waals surface area contributed by atoms with Crippen LogP contribution in [0.4, 0.5) is 0 Å². The number of hydrogen-bond donors (Lipinski definition) is 1. The fourth-order valence-corrected chi connectivity index (χ4v) is 1.17. The topological polar surface area (TPSA) is 88.2 Å². The summed E-state index contributed by atoms with van der Waals surface area (Å²) < 4.78 is 30.7. The van der Waals surface area contributed by atoms with Crippen LogP contribution in [0.25, 0.3) is 0 Å². The Morgan fingerprint density at radius 1 is 1.21 bits per heavy atom. The smallest absolute Gasteiger partial charge is 0.287 e. The third kappa shape index (κ3) is 5.41. The van der Waals surface area contributed by atoms with Crippen molar-refractivity contribution in [2.75, 3.05) is 0 Å². The molecule has 5 nitrogen and oxygen atoms in total. The number of nitrogens with zero attached hydrogens (tertiary/aromatic N) is 1. The van der Waals surface area contributed by atoms with Crippen LogP contribution in [-0.2, 0) is 16.7 Å².